The van der Waals surface area contributed by atoms with Crippen molar-refractivity contribution in [3.63, 3.8) is 0 Å². The Balaban J connectivity index is 2.06. The van der Waals surface area contributed by atoms with Crippen molar-refractivity contribution in [2.45, 2.75) is 32.1 Å². The molecule has 0 amide bonds. The zero-order valence-corrected chi connectivity index (χ0v) is 10.7. The van der Waals surface area contributed by atoms with Crippen LogP contribution >= 0.6 is 11.6 Å². The van der Waals surface area contributed by atoms with Gasteiger partial charge in [-0.15, -0.1) is 0 Å². The van der Waals surface area contributed by atoms with E-state index in [1.807, 2.05) is 0 Å². The zero-order valence-electron chi connectivity index (χ0n) is 9.95. The average molecular weight is 248 g/mol. The Bertz CT molecular complexity index is 454. The quantitative estimate of drug-likeness (QED) is 0.687. The Hall–Kier alpha value is -0.950. The molecule has 0 saturated heterocycles. The molecule has 0 heterocycles. The van der Waals surface area contributed by atoms with Gasteiger partial charge in [-0.2, -0.15) is 0 Å². The van der Waals surface area contributed by atoms with Crippen LogP contribution in [-0.2, 0) is 0 Å². The number of hydrogen-bond acceptors (Lipinski definition) is 1. The highest BCUT2D eigenvalue weighted by Gasteiger charge is 2.33. The monoisotopic (exact) mass is 247 g/mol. The first-order valence-electron chi connectivity index (χ1n) is 6.48. The molecular formula is C15H18ClN. The van der Waals surface area contributed by atoms with Crippen LogP contribution in [0, 0.1) is 11.8 Å². The largest absolute Gasteiger partial charge is 0.404 e. The van der Waals surface area contributed by atoms with E-state index in [-0.39, 0.29) is 0 Å². The maximum atomic E-state index is 6.58. The molecule has 2 heteroatoms. The summed E-state index contributed by atoms with van der Waals surface area (Å²) in [5.74, 6) is 1.35. The lowest BCUT2D eigenvalue weighted by Crippen LogP contribution is -2.23. The van der Waals surface area contributed by atoms with E-state index in [2.05, 4.69) is 18.2 Å². The van der Waals surface area contributed by atoms with Crippen LogP contribution in [0.5, 0.6) is 0 Å². The van der Waals surface area contributed by atoms with Crippen LogP contribution in [0.4, 0.5) is 0 Å². The lowest BCUT2D eigenvalue weighted by Gasteiger charge is -2.36. The van der Waals surface area contributed by atoms with Crippen molar-refractivity contribution in [1.29, 1.82) is 0 Å². The van der Waals surface area contributed by atoms with Gasteiger partial charge in [0.15, 0.2) is 0 Å². The van der Waals surface area contributed by atoms with Crippen molar-refractivity contribution in [3.05, 3.63) is 46.2 Å². The van der Waals surface area contributed by atoms with Crippen LogP contribution in [-0.4, -0.2) is 0 Å². The molecule has 0 spiro atoms. The molecule has 2 N–H and O–H groups in total. The summed E-state index contributed by atoms with van der Waals surface area (Å²) in [6, 6.07) is 0. The summed E-state index contributed by atoms with van der Waals surface area (Å²) in [4.78, 5) is 0. The second kappa shape index (κ2) is 4.38. The van der Waals surface area contributed by atoms with Gasteiger partial charge in [0.05, 0.1) is 0 Å². The molecule has 0 aromatic carbocycles. The second-order valence-corrected chi connectivity index (χ2v) is 5.64. The molecule has 0 aliphatic heterocycles. The van der Waals surface area contributed by atoms with Gasteiger partial charge in [0, 0.05) is 5.03 Å². The van der Waals surface area contributed by atoms with Gasteiger partial charge in [-0.25, -0.2) is 0 Å². The zero-order chi connectivity index (χ0) is 11.8. The van der Waals surface area contributed by atoms with E-state index >= 15 is 0 Å². The number of halogens is 1. The fourth-order valence-electron chi connectivity index (χ4n) is 3.31. The predicted octanol–water partition coefficient (Wildman–Crippen LogP) is 4.03. The van der Waals surface area contributed by atoms with E-state index in [4.69, 9.17) is 17.3 Å². The molecule has 3 rings (SSSR count). The third-order valence-corrected chi connectivity index (χ3v) is 4.71. The topological polar surface area (TPSA) is 26.0 Å². The van der Waals surface area contributed by atoms with Crippen molar-refractivity contribution in [1.82, 2.24) is 0 Å². The summed E-state index contributed by atoms with van der Waals surface area (Å²) in [7, 11) is 0. The van der Waals surface area contributed by atoms with E-state index in [0.717, 1.165) is 11.5 Å². The Morgan fingerprint density at radius 3 is 3.00 bits per heavy atom. The lowest BCUT2D eigenvalue weighted by atomic mass is 9.70. The molecule has 0 aromatic heterocycles. The van der Waals surface area contributed by atoms with Gasteiger partial charge in [-0.1, -0.05) is 29.8 Å². The summed E-state index contributed by atoms with van der Waals surface area (Å²) in [5, 5.41) is 1.00. The average Bonchev–Trinajstić information content (AvgIpc) is 2.39. The van der Waals surface area contributed by atoms with Gasteiger partial charge in [0.1, 0.15) is 0 Å². The van der Waals surface area contributed by atoms with Crippen LogP contribution < -0.4 is 5.73 Å². The van der Waals surface area contributed by atoms with Gasteiger partial charge in [0.2, 0.25) is 0 Å². The van der Waals surface area contributed by atoms with Crippen molar-refractivity contribution in [3.8, 4) is 0 Å². The minimum atomic E-state index is 0.659. The molecule has 0 aromatic rings. The van der Waals surface area contributed by atoms with Gasteiger partial charge >= 0.3 is 0 Å². The number of hydrogen-bond donors (Lipinski definition) is 1. The molecule has 2 atom stereocenters. The van der Waals surface area contributed by atoms with Crippen LogP contribution in [0.1, 0.15) is 32.1 Å². The van der Waals surface area contributed by atoms with Crippen molar-refractivity contribution >= 4 is 11.6 Å². The number of fused-ring (bicyclic) bond motifs is 2. The van der Waals surface area contributed by atoms with Crippen LogP contribution in [0.2, 0.25) is 0 Å². The molecule has 0 fully saturated rings. The van der Waals surface area contributed by atoms with E-state index in [9.17, 15) is 0 Å². The van der Waals surface area contributed by atoms with E-state index in [0.29, 0.717) is 11.8 Å². The summed E-state index contributed by atoms with van der Waals surface area (Å²) in [6.07, 6.45) is 14.5. The first kappa shape index (κ1) is 11.2. The smallest absolute Gasteiger partial charge is 0.0475 e. The Kier molecular flexibility index (Phi) is 2.87. The molecule has 1 nitrogen and oxygen atoms in total. The number of rotatable bonds is 0. The molecule has 17 heavy (non-hydrogen) atoms. The summed E-state index contributed by atoms with van der Waals surface area (Å²) >= 11 is 6.58. The molecule has 3 aliphatic carbocycles. The third-order valence-electron chi connectivity index (χ3n) is 4.27. The van der Waals surface area contributed by atoms with Crippen molar-refractivity contribution in [2.75, 3.05) is 0 Å². The molecule has 0 bridgehead atoms. The molecule has 0 radical (unpaired) electrons. The van der Waals surface area contributed by atoms with Crippen LogP contribution in [0.25, 0.3) is 0 Å². The Labute approximate surface area is 108 Å². The summed E-state index contributed by atoms with van der Waals surface area (Å²) < 4.78 is 0. The Morgan fingerprint density at radius 1 is 1.29 bits per heavy atom. The highest BCUT2D eigenvalue weighted by Crippen LogP contribution is 2.48. The highest BCUT2D eigenvalue weighted by atomic mass is 35.5. The van der Waals surface area contributed by atoms with E-state index < -0.39 is 0 Å². The SMILES string of the molecule is N/C=C1/C=C2C(Cl)=C3C=CCCC3CC2CC1. The third kappa shape index (κ3) is 1.87. The van der Waals surface area contributed by atoms with Gasteiger partial charge in [-0.05, 0) is 66.9 Å². The van der Waals surface area contributed by atoms with Gasteiger partial charge in [0.25, 0.3) is 0 Å². The fourth-order valence-corrected chi connectivity index (χ4v) is 3.74. The molecule has 2 unspecified atom stereocenters. The maximum absolute atomic E-state index is 6.58. The maximum Gasteiger partial charge on any atom is 0.0475 e. The Morgan fingerprint density at radius 2 is 2.18 bits per heavy atom. The molecular weight excluding hydrogens is 230 g/mol. The van der Waals surface area contributed by atoms with E-state index in [1.165, 1.54) is 42.4 Å². The predicted molar refractivity (Wildman–Crippen MR) is 72.4 cm³/mol. The first-order chi connectivity index (χ1) is 8.29. The lowest BCUT2D eigenvalue weighted by molar-refractivity contribution is 0.391. The van der Waals surface area contributed by atoms with E-state index in [1.54, 1.807) is 6.20 Å². The fraction of sp³-hybridized carbons (Fsp3) is 0.467. The minimum absolute atomic E-state index is 0.659. The van der Waals surface area contributed by atoms with Crippen LogP contribution in [0.3, 0.4) is 0 Å². The first-order valence-corrected chi connectivity index (χ1v) is 6.86. The second-order valence-electron chi connectivity index (χ2n) is 5.26. The number of nitrogens with two attached hydrogens (primary N) is 1. The van der Waals surface area contributed by atoms with Crippen molar-refractivity contribution in [2.24, 2.45) is 17.6 Å². The number of allylic oxidation sites excluding steroid dienone is 7. The van der Waals surface area contributed by atoms with Crippen LogP contribution in [0.15, 0.2) is 46.2 Å². The molecule has 3 aliphatic rings. The molecule has 0 saturated carbocycles. The highest BCUT2D eigenvalue weighted by molar-refractivity contribution is 6.32. The van der Waals surface area contributed by atoms with Gasteiger partial charge < -0.3 is 5.73 Å². The molecule has 90 valence electrons. The van der Waals surface area contributed by atoms with Crippen molar-refractivity contribution < 1.29 is 0 Å². The van der Waals surface area contributed by atoms with Gasteiger partial charge in [-0.3, -0.25) is 0 Å². The minimum Gasteiger partial charge on any atom is -0.404 e. The summed E-state index contributed by atoms with van der Waals surface area (Å²) in [5.41, 5.74) is 9.54. The normalized spacial score (nSPS) is 34.4. The summed E-state index contributed by atoms with van der Waals surface area (Å²) in [6.45, 7) is 0. The standard InChI is InChI=1S/C15H18ClN/c16-15-13-4-2-1-3-11(13)8-12-6-5-10(9-17)7-14(12)15/h2,4,7,9,11-12H,1,3,5-6,8,17H2/b10-9+.